The van der Waals surface area contributed by atoms with E-state index in [0.717, 1.165) is 24.0 Å². The van der Waals surface area contributed by atoms with Crippen molar-refractivity contribution in [2.45, 2.75) is 58.6 Å². The highest BCUT2D eigenvalue weighted by atomic mass is 16.6. The maximum absolute atomic E-state index is 13.5. The van der Waals surface area contributed by atoms with Crippen LogP contribution in [0.3, 0.4) is 0 Å². The fraction of sp³-hybridized carbons (Fsp3) is 0.483. The predicted molar refractivity (Wildman–Crippen MR) is 143 cm³/mol. The van der Waals surface area contributed by atoms with Crippen molar-refractivity contribution < 1.29 is 33.7 Å². The Morgan fingerprint density at radius 1 is 1.13 bits per heavy atom. The first kappa shape index (κ1) is 28.8. The van der Waals surface area contributed by atoms with Gasteiger partial charge in [0.25, 0.3) is 0 Å². The summed E-state index contributed by atoms with van der Waals surface area (Å²) in [7, 11) is 1.57. The maximum Gasteiger partial charge on any atom is 0.411 e. The fourth-order valence-electron chi connectivity index (χ4n) is 4.46. The van der Waals surface area contributed by atoms with Crippen LogP contribution in [0.4, 0.5) is 4.79 Å². The molecule has 9 heteroatoms. The van der Waals surface area contributed by atoms with E-state index in [1.807, 2.05) is 19.1 Å². The Balaban J connectivity index is 1.80. The average molecular weight is 527 g/mol. The minimum absolute atomic E-state index is 0.0214. The first-order chi connectivity index (χ1) is 18.0. The van der Waals surface area contributed by atoms with Gasteiger partial charge in [-0.15, -0.1) is 0 Å². The number of hydrogen-bond acceptors (Lipinski definition) is 6. The Hall–Kier alpha value is -3.75. The lowest BCUT2D eigenvalue weighted by Gasteiger charge is -2.35. The molecule has 1 aliphatic rings. The molecule has 38 heavy (non-hydrogen) atoms. The lowest BCUT2D eigenvalue weighted by molar-refractivity contribution is -0.133. The van der Waals surface area contributed by atoms with E-state index < -0.39 is 17.7 Å². The molecule has 3 rings (SSSR count). The predicted octanol–water partition coefficient (Wildman–Crippen LogP) is 4.94. The van der Waals surface area contributed by atoms with Crippen LogP contribution in [0.1, 0.15) is 67.9 Å². The van der Waals surface area contributed by atoms with Gasteiger partial charge in [-0.3, -0.25) is 9.69 Å². The molecule has 1 atom stereocenters. The summed E-state index contributed by atoms with van der Waals surface area (Å²) in [6.45, 7) is 8.65. The molecule has 1 aliphatic heterocycles. The van der Waals surface area contributed by atoms with Gasteiger partial charge in [0.15, 0.2) is 0 Å². The number of rotatable bonds is 9. The van der Waals surface area contributed by atoms with Crippen LogP contribution in [0.15, 0.2) is 42.5 Å². The number of methoxy groups -OCH3 is 1. The van der Waals surface area contributed by atoms with Gasteiger partial charge in [0.2, 0.25) is 5.91 Å². The van der Waals surface area contributed by atoms with Crippen LogP contribution in [0.25, 0.3) is 0 Å². The van der Waals surface area contributed by atoms with Gasteiger partial charge in [-0.2, -0.15) is 0 Å². The molecular formula is C29H38N2O7. The second kappa shape index (κ2) is 12.7. The van der Waals surface area contributed by atoms with Crippen molar-refractivity contribution in [1.82, 2.24) is 9.80 Å². The number of carboxylic acid groups (broad SMARTS) is 1. The first-order valence-electron chi connectivity index (χ1n) is 12.9. The van der Waals surface area contributed by atoms with Crippen molar-refractivity contribution in [3.8, 4) is 11.5 Å². The second-order valence-corrected chi connectivity index (χ2v) is 10.4. The lowest BCUT2D eigenvalue weighted by atomic mass is 9.89. The molecule has 1 saturated heterocycles. The monoisotopic (exact) mass is 526 g/mol. The Bertz CT molecular complexity index is 1140. The number of carboxylic acids is 1. The molecule has 0 radical (unpaired) electrons. The molecule has 0 aromatic heterocycles. The van der Waals surface area contributed by atoms with Crippen LogP contribution in [0.5, 0.6) is 11.5 Å². The summed E-state index contributed by atoms with van der Waals surface area (Å²) < 4.78 is 16.7. The third-order valence-corrected chi connectivity index (χ3v) is 6.29. The molecule has 0 unspecified atom stereocenters. The number of benzene rings is 2. The average Bonchev–Trinajstić information content (AvgIpc) is 2.88. The molecule has 2 aromatic rings. The third-order valence-electron chi connectivity index (χ3n) is 6.29. The Morgan fingerprint density at radius 3 is 2.55 bits per heavy atom. The molecule has 1 N–H and O–H groups in total. The number of amides is 2. The molecule has 2 aromatic carbocycles. The van der Waals surface area contributed by atoms with E-state index in [1.165, 1.54) is 4.90 Å². The number of piperidine rings is 1. The van der Waals surface area contributed by atoms with Gasteiger partial charge in [0.1, 0.15) is 23.6 Å². The van der Waals surface area contributed by atoms with E-state index in [9.17, 15) is 19.5 Å². The summed E-state index contributed by atoms with van der Waals surface area (Å²) in [5.41, 5.74) is 1.12. The number of hydrogen-bond donors (Lipinski definition) is 1. The summed E-state index contributed by atoms with van der Waals surface area (Å²) in [5.74, 6) is 0.0516. The summed E-state index contributed by atoms with van der Waals surface area (Å²) >= 11 is 0. The minimum Gasteiger partial charge on any atom is -0.497 e. The zero-order valence-corrected chi connectivity index (χ0v) is 22.9. The van der Waals surface area contributed by atoms with Crippen molar-refractivity contribution in [2.24, 2.45) is 0 Å². The molecule has 206 valence electrons. The van der Waals surface area contributed by atoms with E-state index in [4.69, 9.17) is 14.2 Å². The van der Waals surface area contributed by atoms with E-state index in [-0.39, 0.29) is 30.5 Å². The summed E-state index contributed by atoms with van der Waals surface area (Å²) in [6.07, 6.45) is 1.05. The van der Waals surface area contributed by atoms with Crippen molar-refractivity contribution in [1.29, 1.82) is 0 Å². The van der Waals surface area contributed by atoms with E-state index in [0.29, 0.717) is 31.2 Å². The largest absolute Gasteiger partial charge is 0.497 e. The van der Waals surface area contributed by atoms with E-state index in [2.05, 4.69) is 0 Å². The number of carbonyl (C=O) groups excluding carboxylic acids is 2. The van der Waals surface area contributed by atoms with Crippen molar-refractivity contribution in [2.75, 3.05) is 33.4 Å². The van der Waals surface area contributed by atoms with Crippen LogP contribution < -0.4 is 9.47 Å². The number of ether oxygens (including phenoxy) is 3. The van der Waals surface area contributed by atoms with E-state index >= 15 is 0 Å². The van der Waals surface area contributed by atoms with Gasteiger partial charge in [-0.25, -0.2) is 9.59 Å². The number of likely N-dealkylation sites (tertiary alicyclic amines) is 1. The quantitative estimate of drug-likeness (QED) is 0.494. The molecule has 1 heterocycles. The first-order valence-corrected chi connectivity index (χ1v) is 12.9. The normalized spacial score (nSPS) is 15.5. The van der Waals surface area contributed by atoms with Crippen LogP contribution in [0.2, 0.25) is 0 Å². The highest BCUT2D eigenvalue weighted by molar-refractivity contribution is 5.87. The van der Waals surface area contributed by atoms with Gasteiger partial charge in [-0.1, -0.05) is 12.1 Å². The van der Waals surface area contributed by atoms with Crippen LogP contribution >= 0.6 is 0 Å². The maximum atomic E-state index is 13.5. The van der Waals surface area contributed by atoms with Gasteiger partial charge >= 0.3 is 12.1 Å². The second-order valence-electron chi connectivity index (χ2n) is 10.4. The molecular weight excluding hydrogens is 488 g/mol. The molecule has 2 amide bonds. The van der Waals surface area contributed by atoms with Gasteiger partial charge in [0, 0.05) is 30.6 Å². The zero-order valence-electron chi connectivity index (χ0n) is 22.9. The SMILES string of the molecule is CCOc1cc(OC)ccc1CN(CC(=O)N1CCC[C@@H](c2cccc(C(=O)O)c2)C1)C(=O)OC(C)(C)C. The standard InChI is InChI=1S/C29H38N2O7/c1-6-37-25-16-24(36-5)13-12-23(25)18-31(28(35)38-29(2,3)4)19-26(32)30-14-8-11-22(17-30)20-9-7-10-21(15-20)27(33)34/h7,9-10,12-13,15-16,22H,6,8,11,14,17-19H2,1-5H3,(H,33,34)/t22-/m1/s1. The fourth-order valence-corrected chi connectivity index (χ4v) is 4.46. The number of aromatic carboxylic acids is 1. The van der Waals surface area contributed by atoms with Crippen LogP contribution in [-0.2, 0) is 16.1 Å². The van der Waals surface area contributed by atoms with Crippen LogP contribution in [0, 0.1) is 0 Å². The van der Waals surface area contributed by atoms with Crippen LogP contribution in [-0.4, -0.2) is 71.8 Å². The van der Waals surface area contributed by atoms with Crippen molar-refractivity contribution in [3.05, 3.63) is 59.2 Å². The minimum atomic E-state index is -0.978. The number of nitrogens with zero attached hydrogens (tertiary/aromatic N) is 2. The Kier molecular flexibility index (Phi) is 9.61. The molecule has 9 nitrogen and oxygen atoms in total. The highest BCUT2D eigenvalue weighted by Crippen LogP contribution is 2.29. The molecule has 0 aliphatic carbocycles. The lowest BCUT2D eigenvalue weighted by Crippen LogP contribution is -2.47. The topological polar surface area (TPSA) is 106 Å². The molecule has 0 spiro atoms. The highest BCUT2D eigenvalue weighted by Gasteiger charge is 2.30. The van der Waals surface area contributed by atoms with Crippen molar-refractivity contribution >= 4 is 18.0 Å². The third kappa shape index (κ3) is 7.87. The molecule has 1 fully saturated rings. The Labute approximate surface area is 224 Å². The summed E-state index contributed by atoms with van der Waals surface area (Å²) in [6, 6.07) is 12.2. The van der Waals surface area contributed by atoms with Crippen molar-refractivity contribution in [3.63, 3.8) is 0 Å². The van der Waals surface area contributed by atoms with Gasteiger partial charge < -0.3 is 24.2 Å². The summed E-state index contributed by atoms with van der Waals surface area (Å²) in [4.78, 5) is 41.2. The van der Waals surface area contributed by atoms with Gasteiger partial charge in [0.05, 0.1) is 25.8 Å². The van der Waals surface area contributed by atoms with E-state index in [1.54, 1.807) is 63.1 Å². The smallest absolute Gasteiger partial charge is 0.411 e. The summed E-state index contributed by atoms with van der Waals surface area (Å²) in [5, 5.41) is 9.35. The Morgan fingerprint density at radius 2 is 1.89 bits per heavy atom. The van der Waals surface area contributed by atoms with Gasteiger partial charge in [-0.05, 0) is 70.4 Å². The zero-order chi connectivity index (χ0) is 27.9. The number of carbonyl (C=O) groups is 3. The molecule has 0 bridgehead atoms. The molecule has 0 saturated carbocycles.